The Kier molecular flexibility index (Phi) is 3.18. The average molecular weight is 230 g/mol. The highest BCUT2D eigenvalue weighted by Crippen LogP contribution is 2.10. The van der Waals surface area contributed by atoms with E-state index in [-0.39, 0.29) is 5.91 Å². The Balaban J connectivity index is 2.34. The van der Waals surface area contributed by atoms with Crippen molar-refractivity contribution in [2.75, 3.05) is 6.54 Å². The van der Waals surface area contributed by atoms with E-state index in [1.807, 2.05) is 26.0 Å². The van der Waals surface area contributed by atoms with Gasteiger partial charge in [-0.3, -0.25) is 9.78 Å². The summed E-state index contributed by atoms with van der Waals surface area (Å²) in [4.78, 5) is 15.7. The van der Waals surface area contributed by atoms with Crippen molar-refractivity contribution in [2.45, 2.75) is 13.8 Å². The first kappa shape index (κ1) is 11.3. The molecule has 0 bridgehead atoms. The van der Waals surface area contributed by atoms with Crippen LogP contribution < -0.4 is 5.32 Å². The molecule has 2 aromatic heterocycles. The van der Waals surface area contributed by atoms with Crippen molar-refractivity contribution in [3.8, 4) is 5.69 Å². The van der Waals surface area contributed by atoms with Crippen LogP contribution in [0.15, 0.2) is 30.7 Å². The molecule has 5 heteroatoms. The van der Waals surface area contributed by atoms with Crippen LogP contribution in [0.5, 0.6) is 0 Å². The largest absolute Gasteiger partial charge is 0.352 e. The molecular formula is C12H14N4O. The smallest absolute Gasteiger partial charge is 0.254 e. The molecule has 0 aliphatic rings. The number of amides is 1. The zero-order chi connectivity index (χ0) is 12.3. The van der Waals surface area contributed by atoms with Crippen LogP contribution in [0.1, 0.15) is 23.0 Å². The molecule has 2 aromatic rings. The van der Waals surface area contributed by atoms with Crippen molar-refractivity contribution in [1.29, 1.82) is 0 Å². The SMILES string of the molecule is CCNC(=O)c1cn(-c2cccnc2)nc1C. The fourth-order valence-corrected chi connectivity index (χ4v) is 1.56. The van der Waals surface area contributed by atoms with Crippen molar-refractivity contribution in [1.82, 2.24) is 20.1 Å². The molecule has 0 aliphatic heterocycles. The van der Waals surface area contributed by atoms with E-state index < -0.39 is 0 Å². The van der Waals surface area contributed by atoms with Gasteiger partial charge in [0, 0.05) is 18.9 Å². The second-order valence-electron chi connectivity index (χ2n) is 3.64. The molecule has 2 heterocycles. The van der Waals surface area contributed by atoms with Crippen molar-refractivity contribution >= 4 is 5.91 Å². The minimum absolute atomic E-state index is 0.0971. The van der Waals surface area contributed by atoms with E-state index in [1.54, 1.807) is 23.3 Å². The van der Waals surface area contributed by atoms with E-state index in [0.717, 1.165) is 5.69 Å². The number of nitrogens with one attached hydrogen (secondary N) is 1. The quantitative estimate of drug-likeness (QED) is 0.865. The topological polar surface area (TPSA) is 59.8 Å². The number of carbonyl (C=O) groups excluding carboxylic acids is 1. The van der Waals surface area contributed by atoms with Gasteiger partial charge in [-0.1, -0.05) is 0 Å². The average Bonchev–Trinajstić information content (AvgIpc) is 2.73. The molecule has 0 unspecified atom stereocenters. The van der Waals surface area contributed by atoms with Crippen LogP contribution in [0.25, 0.3) is 5.69 Å². The van der Waals surface area contributed by atoms with Gasteiger partial charge in [0.25, 0.3) is 5.91 Å². The van der Waals surface area contributed by atoms with E-state index in [0.29, 0.717) is 17.8 Å². The number of nitrogens with zero attached hydrogens (tertiary/aromatic N) is 3. The van der Waals surface area contributed by atoms with Gasteiger partial charge in [0.05, 0.1) is 23.1 Å². The number of aryl methyl sites for hydroxylation is 1. The summed E-state index contributed by atoms with van der Waals surface area (Å²) < 4.78 is 1.66. The Morgan fingerprint density at radius 3 is 3.00 bits per heavy atom. The summed E-state index contributed by atoms with van der Waals surface area (Å²) >= 11 is 0. The van der Waals surface area contributed by atoms with Crippen LogP contribution >= 0.6 is 0 Å². The normalized spacial score (nSPS) is 10.2. The predicted molar refractivity (Wildman–Crippen MR) is 64.1 cm³/mol. The summed E-state index contributed by atoms with van der Waals surface area (Å²) in [6, 6.07) is 3.72. The Bertz CT molecular complexity index is 519. The molecule has 1 N–H and O–H groups in total. The Morgan fingerprint density at radius 1 is 1.53 bits per heavy atom. The third-order valence-electron chi connectivity index (χ3n) is 2.39. The summed E-state index contributed by atoms with van der Waals surface area (Å²) in [5.74, 6) is -0.0971. The van der Waals surface area contributed by atoms with Gasteiger partial charge >= 0.3 is 0 Å². The van der Waals surface area contributed by atoms with E-state index >= 15 is 0 Å². The summed E-state index contributed by atoms with van der Waals surface area (Å²) in [6.45, 7) is 4.31. The Hall–Kier alpha value is -2.17. The summed E-state index contributed by atoms with van der Waals surface area (Å²) in [6.07, 6.45) is 5.12. The molecule has 0 saturated heterocycles. The van der Waals surface area contributed by atoms with Gasteiger partial charge in [0.2, 0.25) is 0 Å². The van der Waals surface area contributed by atoms with Gasteiger partial charge < -0.3 is 5.32 Å². The molecule has 0 spiro atoms. The molecule has 0 aliphatic carbocycles. The monoisotopic (exact) mass is 230 g/mol. The fraction of sp³-hybridized carbons (Fsp3) is 0.250. The molecule has 17 heavy (non-hydrogen) atoms. The van der Waals surface area contributed by atoms with Crippen LogP contribution in [0.3, 0.4) is 0 Å². The summed E-state index contributed by atoms with van der Waals surface area (Å²) in [7, 11) is 0. The third kappa shape index (κ3) is 2.33. The highest BCUT2D eigenvalue weighted by molar-refractivity contribution is 5.95. The number of hydrogen-bond acceptors (Lipinski definition) is 3. The van der Waals surface area contributed by atoms with Crippen LogP contribution in [0, 0.1) is 6.92 Å². The molecule has 0 radical (unpaired) electrons. The second kappa shape index (κ2) is 4.78. The van der Waals surface area contributed by atoms with Crippen molar-refractivity contribution in [3.63, 3.8) is 0 Å². The van der Waals surface area contributed by atoms with Crippen molar-refractivity contribution in [2.24, 2.45) is 0 Å². The first-order chi connectivity index (χ1) is 8.22. The molecular weight excluding hydrogens is 216 g/mol. The van der Waals surface area contributed by atoms with Gasteiger partial charge in [-0.25, -0.2) is 4.68 Å². The van der Waals surface area contributed by atoms with Gasteiger partial charge in [-0.15, -0.1) is 0 Å². The number of aromatic nitrogens is 3. The Labute approximate surface area is 99.5 Å². The van der Waals surface area contributed by atoms with Gasteiger partial charge in [-0.05, 0) is 26.0 Å². The van der Waals surface area contributed by atoms with Crippen LogP contribution in [0.4, 0.5) is 0 Å². The van der Waals surface area contributed by atoms with E-state index in [9.17, 15) is 4.79 Å². The van der Waals surface area contributed by atoms with Crippen LogP contribution in [-0.2, 0) is 0 Å². The van der Waals surface area contributed by atoms with E-state index in [4.69, 9.17) is 0 Å². The maximum atomic E-state index is 11.7. The molecule has 2 rings (SSSR count). The molecule has 0 fully saturated rings. The number of rotatable bonds is 3. The molecule has 1 amide bonds. The molecule has 5 nitrogen and oxygen atoms in total. The maximum absolute atomic E-state index is 11.7. The standard InChI is InChI=1S/C12H14N4O/c1-3-14-12(17)11-8-16(15-9(11)2)10-5-4-6-13-7-10/h4-8H,3H2,1-2H3,(H,14,17). The zero-order valence-corrected chi connectivity index (χ0v) is 9.84. The minimum atomic E-state index is -0.0971. The zero-order valence-electron chi connectivity index (χ0n) is 9.84. The van der Waals surface area contributed by atoms with Gasteiger partial charge in [0.1, 0.15) is 0 Å². The lowest BCUT2D eigenvalue weighted by atomic mass is 10.2. The molecule has 0 aromatic carbocycles. The molecule has 0 saturated carbocycles. The lowest BCUT2D eigenvalue weighted by Gasteiger charge is -1.99. The highest BCUT2D eigenvalue weighted by Gasteiger charge is 2.12. The predicted octanol–water partition coefficient (Wildman–Crippen LogP) is 1.33. The number of hydrogen-bond donors (Lipinski definition) is 1. The lowest BCUT2D eigenvalue weighted by molar-refractivity contribution is 0.0955. The van der Waals surface area contributed by atoms with Crippen LogP contribution in [-0.4, -0.2) is 27.2 Å². The number of pyridine rings is 1. The third-order valence-corrected chi connectivity index (χ3v) is 2.39. The van der Waals surface area contributed by atoms with Gasteiger partial charge in [0.15, 0.2) is 0 Å². The van der Waals surface area contributed by atoms with Crippen LogP contribution in [0.2, 0.25) is 0 Å². The first-order valence-corrected chi connectivity index (χ1v) is 5.47. The van der Waals surface area contributed by atoms with E-state index in [2.05, 4.69) is 15.4 Å². The summed E-state index contributed by atoms with van der Waals surface area (Å²) in [5.41, 5.74) is 2.14. The second-order valence-corrected chi connectivity index (χ2v) is 3.64. The van der Waals surface area contributed by atoms with E-state index in [1.165, 1.54) is 0 Å². The van der Waals surface area contributed by atoms with Crippen molar-refractivity contribution in [3.05, 3.63) is 42.0 Å². The number of carbonyl (C=O) groups is 1. The first-order valence-electron chi connectivity index (χ1n) is 5.47. The molecule has 88 valence electrons. The Morgan fingerprint density at radius 2 is 2.35 bits per heavy atom. The highest BCUT2D eigenvalue weighted by atomic mass is 16.1. The van der Waals surface area contributed by atoms with Crippen molar-refractivity contribution < 1.29 is 4.79 Å². The lowest BCUT2D eigenvalue weighted by Crippen LogP contribution is -2.22. The molecule has 0 atom stereocenters. The minimum Gasteiger partial charge on any atom is -0.352 e. The maximum Gasteiger partial charge on any atom is 0.254 e. The summed E-state index contributed by atoms with van der Waals surface area (Å²) in [5, 5.41) is 7.06. The fourth-order valence-electron chi connectivity index (χ4n) is 1.56. The van der Waals surface area contributed by atoms with Gasteiger partial charge in [-0.2, -0.15) is 5.10 Å².